The highest BCUT2D eigenvalue weighted by Gasteiger charge is 1.96. The van der Waals surface area contributed by atoms with Crippen LogP contribution in [-0.2, 0) is 0 Å². The van der Waals surface area contributed by atoms with Gasteiger partial charge in [0, 0.05) is 0 Å². The van der Waals surface area contributed by atoms with Crippen molar-refractivity contribution in [1.82, 2.24) is 0 Å². The Labute approximate surface area is 79.2 Å². The number of aromatic hydroxyl groups is 2. The van der Waals surface area contributed by atoms with Crippen molar-refractivity contribution in [2.24, 2.45) is 0 Å². The van der Waals surface area contributed by atoms with Crippen LogP contribution in [0.25, 0.3) is 6.08 Å². The van der Waals surface area contributed by atoms with Crippen molar-refractivity contribution in [2.75, 3.05) is 0 Å². The Hall–Kier alpha value is -1.44. The van der Waals surface area contributed by atoms with Crippen LogP contribution in [0.2, 0.25) is 0 Å². The predicted octanol–water partition coefficient (Wildman–Crippen LogP) is 3.16. The lowest BCUT2D eigenvalue weighted by Crippen LogP contribution is -1.72. The Kier molecular flexibility index (Phi) is 5.44. The summed E-state index contributed by atoms with van der Waals surface area (Å²) < 4.78 is 0. The van der Waals surface area contributed by atoms with Crippen molar-refractivity contribution in [3.8, 4) is 11.5 Å². The molecule has 0 aromatic heterocycles. The van der Waals surface area contributed by atoms with E-state index in [1.54, 1.807) is 6.07 Å². The third-order valence-electron chi connectivity index (χ3n) is 1.36. The van der Waals surface area contributed by atoms with Crippen LogP contribution in [0.4, 0.5) is 0 Å². The fourth-order valence-corrected chi connectivity index (χ4v) is 0.837. The topological polar surface area (TPSA) is 40.5 Å². The second-order valence-electron chi connectivity index (χ2n) is 2.25. The van der Waals surface area contributed by atoms with Crippen molar-refractivity contribution >= 4 is 6.08 Å². The fourth-order valence-electron chi connectivity index (χ4n) is 0.837. The molecule has 1 aromatic rings. The fraction of sp³-hybridized carbons (Fsp3) is 0.273. The SMILES string of the molecule is C/C=C/c1ccc(O)c(O)c1.CC. The van der Waals surface area contributed by atoms with Crippen LogP contribution in [0.1, 0.15) is 26.3 Å². The second-order valence-corrected chi connectivity index (χ2v) is 2.25. The molecule has 0 aliphatic carbocycles. The van der Waals surface area contributed by atoms with Crippen LogP contribution in [-0.4, -0.2) is 10.2 Å². The van der Waals surface area contributed by atoms with E-state index in [1.807, 2.05) is 32.9 Å². The lowest BCUT2D eigenvalue weighted by Gasteiger charge is -1.97. The number of rotatable bonds is 1. The highest BCUT2D eigenvalue weighted by atomic mass is 16.3. The first-order chi connectivity index (χ1) is 6.24. The first-order valence-corrected chi connectivity index (χ1v) is 4.38. The molecule has 13 heavy (non-hydrogen) atoms. The number of phenolic OH excluding ortho intramolecular Hbond substituents is 2. The molecular weight excluding hydrogens is 164 g/mol. The van der Waals surface area contributed by atoms with E-state index in [2.05, 4.69) is 0 Å². The Balaban J connectivity index is 0.000000671. The summed E-state index contributed by atoms with van der Waals surface area (Å²) in [6.45, 7) is 5.89. The second kappa shape index (κ2) is 6.12. The summed E-state index contributed by atoms with van der Waals surface area (Å²) in [5.41, 5.74) is 0.878. The molecule has 0 fully saturated rings. The third kappa shape index (κ3) is 3.65. The van der Waals surface area contributed by atoms with Crippen molar-refractivity contribution in [1.29, 1.82) is 0 Å². The molecule has 0 unspecified atom stereocenters. The van der Waals surface area contributed by atoms with Crippen LogP contribution < -0.4 is 0 Å². The smallest absolute Gasteiger partial charge is 0.157 e. The van der Waals surface area contributed by atoms with Gasteiger partial charge >= 0.3 is 0 Å². The van der Waals surface area contributed by atoms with Gasteiger partial charge in [0.05, 0.1) is 0 Å². The molecule has 1 aromatic carbocycles. The average molecular weight is 180 g/mol. The van der Waals surface area contributed by atoms with E-state index in [0.29, 0.717) is 0 Å². The Morgan fingerprint density at radius 2 is 1.69 bits per heavy atom. The van der Waals surface area contributed by atoms with Gasteiger partial charge in [0.2, 0.25) is 0 Å². The monoisotopic (exact) mass is 180 g/mol. The molecule has 0 bridgehead atoms. The lowest BCUT2D eigenvalue weighted by molar-refractivity contribution is 0.403. The molecule has 0 spiro atoms. The predicted molar refractivity (Wildman–Crippen MR) is 55.8 cm³/mol. The van der Waals surface area contributed by atoms with Gasteiger partial charge in [-0.15, -0.1) is 0 Å². The van der Waals surface area contributed by atoms with Gasteiger partial charge in [0.25, 0.3) is 0 Å². The number of allylic oxidation sites excluding steroid dienone is 1. The maximum Gasteiger partial charge on any atom is 0.157 e. The van der Waals surface area contributed by atoms with Crippen LogP contribution in [0.5, 0.6) is 11.5 Å². The van der Waals surface area contributed by atoms with Gasteiger partial charge < -0.3 is 10.2 Å². The first-order valence-electron chi connectivity index (χ1n) is 4.38. The summed E-state index contributed by atoms with van der Waals surface area (Å²) in [7, 11) is 0. The molecule has 0 saturated carbocycles. The molecule has 0 amide bonds. The summed E-state index contributed by atoms with van der Waals surface area (Å²) in [4.78, 5) is 0. The maximum absolute atomic E-state index is 9.04. The van der Waals surface area contributed by atoms with E-state index in [1.165, 1.54) is 12.1 Å². The van der Waals surface area contributed by atoms with E-state index in [-0.39, 0.29) is 11.5 Å². The number of benzene rings is 1. The minimum absolute atomic E-state index is 0.0828. The molecular formula is C11H16O2. The summed E-state index contributed by atoms with van der Waals surface area (Å²) in [6, 6.07) is 4.70. The summed E-state index contributed by atoms with van der Waals surface area (Å²) in [5.74, 6) is -0.168. The quantitative estimate of drug-likeness (QED) is 0.652. The van der Waals surface area contributed by atoms with Crippen LogP contribution in [0.3, 0.4) is 0 Å². The zero-order chi connectivity index (χ0) is 10.3. The Morgan fingerprint density at radius 3 is 2.15 bits per heavy atom. The standard InChI is InChI=1S/C9H10O2.C2H6/c1-2-3-7-4-5-8(10)9(11)6-7;1-2/h2-6,10-11H,1H3;1-2H3/b3-2+;. The molecule has 2 heteroatoms. The van der Waals surface area contributed by atoms with E-state index in [4.69, 9.17) is 10.2 Å². The van der Waals surface area contributed by atoms with Crippen molar-refractivity contribution in [3.63, 3.8) is 0 Å². The minimum atomic E-state index is -0.0850. The van der Waals surface area contributed by atoms with Crippen LogP contribution in [0, 0.1) is 0 Å². The van der Waals surface area contributed by atoms with Crippen molar-refractivity contribution in [3.05, 3.63) is 29.8 Å². The molecule has 0 radical (unpaired) electrons. The molecule has 2 nitrogen and oxygen atoms in total. The molecule has 2 N–H and O–H groups in total. The van der Waals surface area contributed by atoms with Gasteiger partial charge in [-0.2, -0.15) is 0 Å². The number of phenols is 2. The zero-order valence-corrected chi connectivity index (χ0v) is 8.28. The van der Waals surface area contributed by atoms with E-state index in [0.717, 1.165) is 5.56 Å². The average Bonchev–Trinajstić information content (AvgIpc) is 2.15. The van der Waals surface area contributed by atoms with E-state index >= 15 is 0 Å². The number of hydrogen-bond acceptors (Lipinski definition) is 2. The van der Waals surface area contributed by atoms with Gasteiger partial charge in [0.1, 0.15) is 0 Å². The van der Waals surface area contributed by atoms with Gasteiger partial charge in [0.15, 0.2) is 11.5 Å². The van der Waals surface area contributed by atoms with E-state index < -0.39 is 0 Å². The normalized spacial score (nSPS) is 9.46. The summed E-state index contributed by atoms with van der Waals surface area (Å²) in [6.07, 6.45) is 3.71. The van der Waals surface area contributed by atoms with Gasteiger partial charge in [-0.3, -0.25) is 0 Å². The molecule has 0 heterocycles. The van der Waals surface area contributed by atoms with Crippen LogP contribution >= 0.6 is 0 Å². The van der Waals surface area contributed by atoms with Gasteiger partial charge in [-0.1, -0.05) is 32.1 Å². The largest absolute Gasteiger partial charge is 0.504 e. The molecule has 1 rings (SSSR count). The Bertz CT molecular complexity index is 277. The third-order valence-corrected chi connectivity index (χ3v) is 1.36. The highest BCUT2D eigenvalue weighted by Crippen LogP contribution is 2.25. The minimum Gasteiger partial charge on any atom is -0.504 e. The maximum atomic E-state index is 9.04. The van der Waals surface area contributed by atoms with Crippen molar-refractivity contribution in [2.45, 2.75) is 20.8 Å². The molecule has 0 aliphatic heterocycles. The lowest BCUT2D eigenvalue weighted by atomic mass is 10.2. The summed E-state index contributed by atoms with van der Waals surface area (Å²) >= 11 is 0. The highest BCUT2D eigenvalue weighted by molar-refractivity contribution is 5.54. The Morgan fingerprint density at radius 1 is 1.08 bits per heavy atom. The molecule has 0 saturated heterocycles. The zero-order valence-electron chi connectivity index (χ0n) is 8.28. The first kappa shape index (κ1) is 11.6. The number of hydrogen-bond donors (Lipinski definition) is 2. The molecule has 0 aliphatic rings. The van der Waals surface area contributed by atoms with Crippen LogP contribution in [0.15, 0.2) is 24.3 Å². The van der Waals surface area contributed by atoms with Gasteiger partial charge in [-0.25, -0.2) is 0 Å². The molecule has 72 valence electrons. The molecule has 0 atom stereocenters. The van der Waals surface area contributed by atoms with E-state index in [9.17, 15) is 0 Å². The summed E-state index contributed by atoms with van der Waals surface area (Å²) in [5, 5.41) is 18.0. The van der Waals surface area contributed by atoms with Gasteiger partial charge in [-0.05, 0) is 24.6 Å². The van der Waals surface area contributed by atoms with Crippen molar-refractivity contribution < 1.29 is 10.2 Å².